The fraction of sp³-hybridized carbons (Fsp3) is 0.278. The third kappa shape index (κ3) is 3.89. The molecule has 0 aliphatic rings. The predicted octanol–water partition coefficient (Wildman–Crippen LogP) is 3.85. The highest BCUT2D eigenvalue weighted by molar-refractivity contribution is 7.14. The van der Waals surface area contributed by atoms with Crippen molar-refractivity contribution in [2.24, 2.45) is 7.05 Å². The molecule has 0 spiro atoms. The van der Waals surface area contributed by atoms with Gasteiger partial charge in [-0.3, -0.25) is 9.48 Å². The van der Waals surface area contributed by atoms with Crippen LogP contribution in [0.3, 0.4) is 0 Å². The highest BCUT2D eigenvalue weighted by Gasteiger charge is 2.10. The first-order chi connectivity index (χ1) is 11.5. The summed E-state index contributed by atoms with van der Waals surface area (Å²) in [5.41, 5.74) is 4.13. The number of thiazole rings is 1. The van der Waals surface area contributed by atoms with Crippen LogP contribution in [0.4, 0.5) is 5.13 Å². The quantitative estimate of drug-likeness (QED) is 0.767. The number of rotatable bonds is 5. The second-order valence-corrected chi connectivity index (χ2v) is 6.92. The van der Waals surface area contributed by atoms with Gasteiger partial charge in [0.25, 0.3) is 0 Å². The lowest BCUT2D eigenvalue weighted by molar-refractivity contribution is -0.115. The van der Waals surface area contributed by atoms with Crippen LogP contribution in [0.2, 0.25) is 0 Å². The van der Waals surface area contributed by atoms with Crippen molar-refractivity contribution in [2.45, 2.75) is 26.2 Å². The van der Waals surface area contributed by atoms with Crippen LogP contribution < -0.4 is 5.32 Å². The number of aryl methyl sites for hydroxylation is 1. The van der Waals surface area contributed by atoms with Crippen molar-refractivity contribution >= 4 is 22.4 Å². The smallest absolute Gasteiger partial charge is 0.230 e. The molecule has 0 saturated heterocycles. The van der Waals surface area contributed by atoms with E-state index in [1.54, 1.807) is 10.9 Å². The van der Waals surface area contributed by atoms with Crippen LogP contribution in [-0.4, -0.2) is 20.7 Å². The van der Waals surface area contributed by atoms with Crippen LogP contribution in [0.25, 0.3) is 11.3 Å². The Hall–Kier alpha value is -2.47. The summed E-state index contributed by atoms with van der Waals surface area (Å²) in [6.07, 6.45) is 3.83. The van der Waals surface area contributed by atoms with E-state index >= 15 is 0 Å². The van der Waals surface area contributed by atoms with Crippen LogP contribution in [0, 0.1) is 0 Å². The molecule has 0 unspecified atom stereocenters. The molecule has 1 amide bonds. The SMILES string of the molecule is CC(C)c1ccc(-c2csc(NC(=O)Cc3cnn(C)c3)n2)cc1. The first kappa shape index (κ1) is 16.4. The van der Waals surface area contributed by atoms with Crippen molar-refractivity contribution in [3.05, 3.63) is 53.2 Å². The van der Waals surface area contributed by atoms with Gasteiger partial charge in [0, 0.05) is 24.2 Å². The lowest BCUT2D eigenvalue weighted by Crippen LogP contribution is -2.13. The van der Waals surface area contributed by atoms with Crippen LogP contribution in [-0.2, 0) is 18.3 Å². The van der Waals surface area contributed by atoms with Gasteiger partial charge < -0.3 is 5.32 Å². The largest absolute Gasteiger partial charge is 0.302 e. The van der Waals surface area contributed by atoms with Crippen LogP contribution >= 0.6 is 11.3 Å². The van der Waals surface area contributed by atoms with Crippen molar-refractivity contribution in [1.82, 2.24) is 14.8 Å². The number of aromatic nitrogens is 3. The van der Waals surface area contributed by atoms with Gasteiger partial charge in [0.1, 0.15) is 0 Å². The lowest BCUT2D eigenvalue weighted by atomic mass is 10.0. The molecular weight excluding hydrogens is 320 g/mol. The molecule has 0 atom stereocenters. The summed E-state index contributed by atoms with van der Waals surface area (Å²) >= 11 is 1.44. The number of benzene rings is 1. The molecule has 0 aliphatic carbocycles. The molecule has 3 aromatic rings. The number of nitrogens with one attached hydrogen (secondary N) is 1. The first-order valence-corrected chi connectivity index (χ1v) is 8.72. The topological polar surface area (TPSA) is 59.8 Å². The van der Waals surface area contributed by atoms with Gasteiger partial charge in [0.15, 0.2) is 5.13 Å². The van der Waals surface area contributed by atoms with Gasteiger partial charge in [-0.1, -0.05) is 38.1 Å². The second-order valence-electron chi connectivity index (χ2n) is 6.06. The van der Waals surface area contributed by atoms with Crippen LogP contribution in [0.1, 0.15) is 30.9 Å². The van der Waals surface area contributed by atoms with E-state index in [0.717, 1.165) is 16.8 Å². The van der Waals surface area contributed by atoms with E-state index in [1.165, 1.54) is 16.9 Å². The minimum absolute atomic E-state index is 0.0842. The third-order valence-electron chi connectivity index (χ3n) is 3.75. The Kier molecular flexibility index (Phi) is 4.76. The van der Waals surface area contributed by atoms with Gasteiger partial charge in [-0.25, -0.2) is 4.98 Å². The molecule has 3 rings (SSSR count). The summed E-state index contributed by atoms with van der Waals surface area (Å²) in [5, 5.41) is 9.49. The Labute approximate surface area is 145 Å². The van der Waals surface area contributed by atoms with Crippen molar-refractivity contribution in [2.75, 3.05) is 5.32 Å². The number of amides is 1. The van der Waals surface area contributed by atoms with Gasteiger partial charge >= 0.3 is 0 Å². The summed E-state index contributed by atoms with van der Waals surface area (Å²) in [6.45, 7) is 4.35. The van der Waals surface area contributed by atoms with E-state index in [4.69, 9.17) is 0 Å². The van der Waals surface area contributed by atoms with Gasteiger partial charge in [-0.15, -0.1) is 11.3 Å². The van der Waals surface area contributed by atoms with Crippen molar-refractivity contribution in [3.8, 4) is 11.3 Å². The van der Waals surface area contributed by atoms with E-state index in [-0.39, 0.29) is 5.91 Å². The molecular formula is C18H20N4OS. The Balaban J connectivity index is 1.65. The van der Waals surface area contributed by atoms with Crippen molar-refractivity contribution in [1.29, 1.82) is 0 Å². The fourth-order valence-electron chi connectivity index (χ4n) is 2.41. The van der Waals surface area contributed by atoms with Crippen LogP contribution in [0.5, 0.6) is 0 Å². The van der Waals surface area contributed by atoms with E-state index in [2.05, 4.69) is 53.5 Å². The number of anilines is 1. The highest BCUT2D eigenvalue weighted by Crippen LogP contribution is 2.26. The maximum atomic E-state index is 12.1. The molecule has 0 bridgehead atoms. The molecule has 2 heterocycles. The van der Waals surface area contributed by atoms with E-state index < -0.39 is 0 Å². The molecule has 2 aromatic heterocycles. The molecule has 5 nitrogen and oxygen atoms in total. The normalized spacial score (nSPS) is 11.0. The minimum atomic E-state index is -0.0842. The number of carbonyl (C=O) groups excluding carboxylic acids is 1. The molecule has 1 aromatic carbocycles. The minimum Gasteiger partial charge on any atom is -0.302 e. The van der Waals surface area contributed by atoms with Crippen LogP contribution in [0.15, 0.2) is 42.0 Å². The standard InChI is InChI=1S/C18H20N4OS/c1-12(2)14-4-6-15(7-5-14)16-11-24-18(20-16)21-17(23)8-13-9-19-22(3)10-13/h4-7,9-12H,8H2,1-3H3,(H,20,21,23). The zero-order valence-electron chi connectivity index (χ0n) is 14.0. The summed E-state index contributed by atoms with van der Waals surface area (Å²) < 4.78 is 1.69. The van der Waals surface area contributed by atoms with Gasteiger partial charge in [0.2, 0.25) is 5.91 Å². The van der Waals surface area contributed by atoms with Crippen molar-refractivity contribution in [3.63, 3.8) is 0 Å². The average Bonchev–Trinajstić information content (AvgIpc) is 3.16. The number of hydrogen-bond donors (Lipinski definition) is 1. The Bertz CT molecular complexity index is 833. The molecule has 0 radical (unpaired) electrons. The molecule has 24 heavy (non-hydrogen) atoms. The Morgan fingerprint density at radius 2 is 2.04 bits per heavy atom. The highest BCUT2D eigenvalue weighted by atomic mass is 32.1. The maximum Gasteiger partial charge on any atom is 0.230 e. The zero-order valence-corrected chi connectivity index (χ0v) is 14.8. The summed E-state index contributed by atoms with van der Waals surface area (Å²) in [6, 6.07) is 8.40. The number of carbonyl (C=O) groups is 1. The van der Waals surface area contributed by atoms with Gasteiger partial charge in [-0.05, 0) is 17.0 Å². The molecule has 0 fully saturated rings. The van der Waals surface area contributed by atoms with E-state index in [1.807, 2.05) is 18.6 Å². The molecule has 1 N–H and O–H groups in total. The summed E-state index contributed by atoms with van der Waals surface area (Å²) in [4.78, 5) is 16.6. The monoisotopic (exact) mass is 340 g/mol. The van der Waals surface area contributed by atoms with Gasteiger partial charge in [-0.2, -0.15) is 5.10 Å². The van der Waals surface area contributed by atoms with E-state index in [9.17, 15) is 4.79 Å². The number of nitrogens with zero attached hydrogens (tertiary/aromatic N) is 3. The molecule has 6 heteroatoms. The predicted molar refractivity (Wildman–Crippen MR) is 97.2 cm³/mol. The lowest BCUT2D eigenvalue weighted by Gasteiger charge is -2.05. The summed E-state index contributed by atoms with van der Waals surface area (Å²) in [5.74, 6) is 0.427. The third-order valence-corrected chi connectivity index (χ3v) is 4.50. The maximum absolute atomic E-state index is 12.1. The second kappa shape index (κ2) is 6.97. The number of hydrogen-bond acceptors (Lipinski definition) is 4. The van der Waals surface area contributed by atoms with Gasteiger partial charge in [0.05, 0.1) is 18.3 Å². The molecule has 124 valence electrons. The molecule has 0 aliphatic heterocycles. The summed E-state index contributed by atoms with van der Waals surface area (Å²) in [7, 11) is 1.83. The van der Waals surface area contributed by atoms with Crippen molar-refractivity contribution < 1.29 is 4.79 Å². The molecule has 0 saturated carbocycles. The average molecular weight is 340 g/mol. The first-order valence-electron chi connectivity index (χ1n) is 7.84. The Morgan fingerprint density at radius 3 is 2.67 bits per heavy atom. The zero-order chi connectivity index (χ0) is 17.1. The fourth-order valence-corrected chi connectivity index (χ4v) is 3.15. The Morgan fingerprint density at radius 1 is 1.29 bits per heavy atom. The van der Waals surface area contributed by atoms with E-state index in [0.29, 0.717) is 17.5 Å².